The van der Waals surface area contributed by atoms with E-state index < -0.39 is 5.92 Å². The van der Waals surface area contributed by atoms with Crippen LogP contribution in [0.5, 0.6) is 5.75 Å². The van der Waals surface area contributed by atoms with Gasteiger partial charge in [-0.25, -0.2) is 0 Å². The Balaban J connectivity index is 2.33. The molecule has 1 aliphatic heterocycles. The molecule has 1 atom stereocenters. The van der Waals surface area contributed by atoms with Crippen LogP contribution in [0.1, 0.15) is 6.42 Å². The molecule has 1 heterocycles. The Bertz CT molecular complexity index is 517. The van der Waals surface area contributed by atoms with Gasteiger partial charge in [0.2, 0.25) is 5.91 Å². The van der Waals surface area contributed by atoms with Crippen LogP contribution in [-0.2, 0) is 14.3 Å². The van der Waals surface area contributed by atoms with Gasteiger partial charge in [0.1, 0.15) is 11.4 Å². The summed E-state index contributed by atoms with van der Waals surface area (Å²) in [6, 6.07) is 5.14. The molecule has 19 heavy (non-hydrogen) atoms. The molecule has 1 saturated heterocycles. The molecular formula is C13H14ClNO4. The molecule has 1 unspecified atom stereocenters. The van der Waals surface area contributed by atoms with E-state index in [4.69, 9.17) is 16.3 Å². The maximum atomic E-state index is 12.0. The zero-order valence-corrected chi connectivity index (χ0v) is 11.4. The van der Waals surface area contributed by atoms with Gasteiger partial charge in [-0.2, -0.15) is 0 Å². The van der Waals surface area contributed by atoms with Gasteiger partial charge >= 0.3 is 5.97 Å². The lowest BCUT2D eigenvalue weighted by atomic mass is 10.1. The first-order valence-electron chi connectivity index (χ1n) is 5.79. The van der Waals surface area contributed by atoms with Crippen LogP contribution < -0.4 is 9.64 Å². The summed E-state index contributed by atoms with van der Waals surface area (Å²) in [6.07, 6.45) is 0.126. The number of halogens is 1. The van der Waals surface area contributed by atoms with Crippen molar-refractivity contribution < 1.29 is 19.1 Å². The highest BCUT2D eigenvalue weighted by molar-refractivity contribution is 6.34. The second-order valence-corrected chi connectivity index (χ2v) is 4.63. The van der Waals surface area contributed by atoms with Gasteiger partial charge in [-0.1, -0.05) is 17.7 Å². The predicted octanol–water partition coefficient (Wildman–Crippen LogP) is 1.87. The smallest absolute Gasteiger partial charge is 0.311 e. The first-order chi connectivity index (χ1) is 9.08. The minimum atomic E-state index is -0.460. The van der Waals surface area contributed by atoms with E-state index in [0.29, 0.717) is 16.5 Å². The predicted molar refractivity (Wildman–Crippen MR) is 70.5 cm³/mol. The lowest BCUT2D eigenvalue weighted by Crippen LogP contribution is -2.26. The van der Waals surface area contributed by atoms with Gasteiger partial charge in [-0.3, -0.25) is 9.59 Å². The highest BCUT2D eigenvalue weighted by atomic mass is 35.5. The van der Waals surface area contributed by atoms with Crippen LogP contribution in [0.2, 0.25) is 5.02 Å². The van der Waals surface area contributed by atoms with Gasteiger partial charge in [0.25, 0.3) is 0 Å². The highest BCUT2D eigenvalue weighted by Crippen LogP contribution is 2.38. The molecule has 1 aliphatic rings. The van der Waals surface area contributed by atoms with E-state index in [1.54, 1.807) is 18.2 Å². The summed E-state index contributed by atoms with van der Waals surface area (Å²) in [6.45, 7) is 0.256. The molecule has 0 bridgehead atoms. The molecule has 0 N–H and O–H groups in total. The number of hydrogen-bond acceptors (Lipinski definition) is 4. The summed E-state index contributed by atoms with van der Waals surface area (Å²) in [7, 11) is 2.82. The van der Waals surface area contributed by atoms with Crippen molar-refractivity contribution in [1.29, 1.82) is 0 Å². The van der Waals surface area contributed by atoms with Gasteiger partial charge in [0.05, 0.1) is 25.2 Å². The molecule has 2 rings (SSSR count). The SMILES string of the molecule is COC(=O)C1CC(=O)N(c2c(Cl)cccc2OC)C1. The number of methoxy groups -OCH3 is 2. The van der Waals surface area contributed by atoms with E-state index >= 15 is 0 Å². The third-order valence-corrected chi connectivity index (χ3v) is 3.40. The van der Waals surface area contributed by atoms with E-state index in [9.17, 15) is 9.59 Å². The van der Waals surface area contributed by atoms with Gasteiger partial charge in [0.15, 0.2) is 0 Å². The molecule has 0 aromatic heterocycles. The molecule has 102 valence electrons. The summed E-state index contributed by atoms with van der Waals surface area (Å²) in [5.74, 6) is -0.506. The summed E-state index contributed by atoms with van der Waals surface area (Å²) < 4.78 is 9.89. The van der Waals surface area contributed by atoms with E-state index in [2.05, 4.69) is 4.74 Å². The Morgan fingerprint density at radius 2 is 2.16 bits per heavy atom. The van der Waals surface area contributed by atoms with Crippen molar-refractivity contribution in [3.05, 3.63) is 23.2 Å². The summed E-state index contributed by atoms with van der Waals surface area (Å²) in [5, 5.41) is 0.415. The van der Waals surface area contributed by atoms with Gasteiger partial charge in [0, 0.05) is 13.0 Å². The van der Waals surface area contributed by atoms with Gasteiger partial charge in [-0.05, 0) is 12.1 Å². The largest absolute Gasteiger partial charge is 0.495 e. The number of anilines is 1. The molecule has 1 fully saturated rings. The summed E-state index contributed by atoms with van der Waals surface area (Å²) in [5.41, 5.74) is 0.503. The Kier molecular flexibility index (Phi) is 3.95. The van der Waals surface area contributed by atoms with Crippen molar-refractivity contribution in [2.45, 2.75) is 6.42 Å². The van der Waals surface area contributed by atoms with Crippen LogP contribution in [0.3, 0.4) is 0 Å². The quantitative estimate of drug-likeness (QED) is 0.795. The van der Waals surface area contributed by atoms with Crippen LogP contribution in [0, 0.1) is 5.92 Å². The van der Waals surface area contributed by atoms with Crippen molar-refractivity contribution >= 4 is 29.2 Å². The average molecular weight is 284 g/mol. The average Bonchev–Trinajstić information content (AvgIpc) is 2.79. The van der Waals surface area contributed by atoms with Crippen LogP contribution in [0.25, 0.3) is 0 Å². The molecule has 0 aliphatic carbocycles. The Morgan fingerprint density at radius 1 is 1.42 bits per heavy atom. The zero-order chi connectivity index (χ0) is 14.0. The van der Waals surface area contributed by atoms with E-state index in [-0.39, 0.29) is 24.8 Å². The summed E-state index contributed by atoms with van der Waals surface area (Å²) >= 11 is 6.12. The lowest BCUT2D eigenvalue weighted by molar-refractivity contribution is -0.145. The number of benzene rings is 1. The fraction of sp³-hybridized carbons (Fsp3) is 0.385. The van der Waals surface area contributed by atoms with Crippen molar-refractivity contribution in [3.8, 4) is 5.75 Å². The number of hydrogen-bond donors (Lipinski definition) is 0. The number of amides is 1. The molecular weight excluding hydrogens is 270 g/mol. The Labute approximate surface area is 116 Å². The highest BCUT2D eigenvalue weighted by Gasteiger charge is 2.37. The molecule has 0 spiro atoms. The molecule has 6 heteroatoms. The third-order valence-electron chi connectivity index (χ3n) is 3.10. The van der Waals surface area contributed by atoms with Gasteiger partial charge in [-0.15, -0.1) is 0 Å². The van der Waals surface area contributed by atoms with E-state index in [1.807, 2.05) is 0 Å². The number of carbonyl (C=O) groups excluding carboxylic acids is 2. The number of nitrogens with zero attached hydrogens (tertiary/aromatic N) is 1. The third kappa shape index (κ3) is 2.51. The molecule has 0 saturated carbocycles. The minimum Gasteiger partial charge on any atom is -0.495 e. The monoisotopic (exact) mass is 283 g/mol. The number of esters is 1. The van der Waals surface area contributed by atoms with Crippen LogP contribution >= 0.6 is 11.6 Å². The number of rotatable bonds is 3. The zero-order valence-electron chi connectivity index (χ0n) is 10.7. The van der Waals surface area contributed by atoms with E-state index in [0.717, 1.165) is 0 Å². The second kappa shape index (κ2) is 5.48. The lowest BCUT2D eigenvalue weighted by Gasteiger charge is -2.20. The molecule has 5 nitrogen and oxygen atoms in total. The van der Waals surface area contributed by atoms with E-state index in [1.165, 1.54) is 19.1 Å². The molecule has 1 aromatic carbocycles. The number of ether oxygens (including phenoxy) is 2. The van der Waals surface area contributed by atoms with Crippen LogP contribution in [0.4, 0.5) is 5.69 Å². The Hall–Kier alpha value is -1.75. The van der Waals surface area contributed by atoms with Crippen molar-refractivity contribution in [1.82, 2.24) is 0 Å². The minimum absolute atomic E-state index is 0.126. The molecule has 1 aromatic rings. The second-order valence-electron chi connectivity index (χ2n) is 4.22. The van der Waals surface area contributed by atoms with Crippen molar-refractivity contribution in [3.63, 3.8) is 0 Å². The fourth-order valence-electron chi connectivity index (χ4n) is 2.17. The number of carbonyl (C=O) groups is 2. The maximum absolute atomic E-state index is 12.0. The van der Waals surface area contributed by atoms with Crippen LogP contribution in [-0.4, -0.2) is 32.6 Å². The number of para-hydroxylation sites is 1. The standard InChI is InChI=1S/C13H14ClNO4/c1-18-10-5-3-4-9(14)12(10)15-7-8(6-11(15)16)13(17)19-2/h3-5,8H,6-7H2,1-2H3. The maximum Gasteiger partial charge on any atom is 0.311 e. The van der Waals surface area contributed by atoms with Crippen molar-refractivity contribution in [2.75, 3.05) is 25.7 Å². The first kappa shape index (κ1) is 13.7. The molecule has 0 radical (unpaired) electrons. The topological polar surface area (TPSA) is 55.8 Å². The fourth-order valence-corrected chi connectivity index (χ4v) is 2.44. The Morgan fingerprint density at radius 3 is 2.79 bits per heavy atom. The van der Waals surface area contributed by atoms with Crippen molar-refractivity contribution in [2.24, 2.45) is 5.92 Å². The van der Waals surface area contributed by atoms with Crippen LogP contribution in [0.15, 0.2) is 18.2 Å². The molecule has 1 amide bonds. The van der Waals surface area contributed by atoms with Gasteiger partial charge < -0.3 is 14.4 Å². The normalized spacial score (nSPS) is 18.6. The summed E-state index contributed by atoms with van der Waals surface area (Å²) in [4.78, 5) is 25.0. The first-order valence-corrected chi connectivity index (χ1v) is 6.17.